The van der Waals surface area contributed by atoms with E-state index >= 15 is 0 Å². The molecular weight excluding hydrogens is 190 g/mol. The summed E-state index contributed by atoms with van der Waals surface area (Å²) >= 11 is 7.48. The fourth-order valence-corrected chi connectivity index (χ4v) is 1.86. The molecule has 1 aliphatic heterocycles. The Balaban J connectivity index is 2.23. The minimum Gasteiger partial charge on any atom is -0.271 e. The first kappa shape index (κ1) is 8.14. The van der Waals surface area contributed by atoms with E-state index in [0.717, 1.165) is 16.8 Å². The van der Waals surface area contributed by atoms with Crippen molar-refractivity contribution < 1.29 is 0 Å². The van der Waals surface area contributed by atoms with Crippen molar-refractivity contribution in [3.05, 3.63) is 40.9 Å². The van der Waals surface area contributed by atoms with Crippen molar-refractivity contribution >= 4 is 28.9 Å². The van der Waals surface area contributed by atoms with Crippen molar-refractivity contribution in [2.45, 2.75) is 0 Å². The van der Waals surface area contributed by atoms with Gasteiger partial charge in [-0.2, -0.15) is 0 Å². The van der Waals surface area contributed by atoms with Gasteiger partial charge in [0.25, 0.3) is 0 Å². The SMILES string of the molecule is Clc1ccc([C]2CSC=N2)cc1. The van der Waals surface area contributed by atoms with Gasteiger partial charge in [-0.3, -0.25) is 4.99 Å². The van der Waals surface area contributed by atoms with Crippen LogP contribution in [0.15, 0.2) is 29.3 Å². The van der Waals surface area contributed by atoms with Gasteiger partial charge in [0.15, 0.2) is 0 Å². The Kier molecular flexibility index (Phi) is 2.38. The van der Waals surface area contributed by atoms with Gasteiger partial charge in [-0.25, -0.2) is 0 Å². The number of hydrogen-bond donors (Lipinski definition) is 0. The lowest BCUT2D eigenvalue weighted by atomic mass is 10.1. The minimum atomic E-state index is 0.772. The normalized spacial score (nSPS) is 17.1. The molecule has 0 unspecified atom stereocenters. The summed E-state index contributed by atoms with van der Waals surface area (Å²) < 4.78 is 0. The molecule has 0 bridgehead atoms. The summed E-state index contributed by atoms with van der Waals surface area (Å²) in [6.45, 7) is 0. The predicted octanol–water partition coefficient (Wildman–Crippen LogP) is 3.00. The van der Waals surface area contributed by atoms with Crippen LogP contribution in [0.2, 0.25) is 5.02 Å². The maximum Gasteiger partial charge on any atom is 0.126 e. The van der Waals surface area contributed by atoms with Crippen molar-refractivity contribution in [3.8, 4) is 0 Å². The third-order valence-corrected chi connectivity index (χ3v) is 2.63. The summed E-state index contributed by atoms with van der Waals surface area (Å²) in [5.74, 6) is 0.974. The van der Waals surface area contributed by atoms with E-state index in [0.29, 0.717) is 0 Å². The van der Waals surface area contributed by atoms with Crippen molar-refractivity contribution in [1.29, 1.82) is 0 Å². The van der Waals surface area contributed by atoms with Gasteiger partial charge in [-0.1, -0.05) is 23.7 Å². The van der Waals surface area contributed by atoms with Crippen LogP contribution in [0, 0.1) is 6.04 Å². The molecule has 0 fully saturated rings. The van der Waals surface area contributed by atoms with Crippen LogP contribution in [0.1, 0.15) is 5.56 Å². The Bertz CT molecular complexity index is 294. The van der Waals surface area contributed by atoms with Crippen molar-refractivity contribution in [2.75, 3.05) is 5.75 Å². The topological polar surface area (TPSA) is 12.4 Å². The molecule has 0 aliphatic carbocycles. The van der Waals surface area contributed by atoms with Gasteiger partial charge in [0, 0.05) is 10.8 Å². The number of benzene rings is 1. The monoisotopic (exact) mass is 196 g/mol. The molecule has 1 nitrogen and oxygen atoms in total. The highest BCUT2D eigenvalue weighted by Crippen LogP contribution is 2.26. The molecule has 0 aromatic heterocycles. The van der Waals surface area contributed by atoms with Crippen LogP contribution >= 0.6 is 23.4 Å². The lowest BCUT2D eigenvalue weighted by Crippen LogP contribution is -1.94. The number of rotatable bonds is 1. The second-order valence-corrected chi connectivity index (χ2v) is 3.77. The van der Waals surface area contributed by atoms with E-state index < -0.39 is 0 Å². The van der Waals surface area contributed by atoms with Crippen LogP contribution in [-0.2, 0) is 0 Å². The van der Waals surface area contributed by atoms with Crippen molar-refractivity contribution in [1.82, 2.24) is 0 Å². The fraction of sp³-hybridized carbons (Fsp3) is 0.111. The first-order valence-corrected chi connectivity index (χ1v) is 5.05. The lowest BCUT2D eigenvalue weighted by Gasteiger charge is -2.03. The van der Waals surface area contributed by atoms with E-state index in [1.165, 1.54) is 5.56 Å². The van der Waals surface area contributed by atoms with E-state index in [9.17, 15) is 0 Å². The Morgan fingerprint density at radius 3 is 2.58 bits per heavy atom. The minimum absolute atomic E-state index is 0.772. The molecule has 0 saturated carbocycles. The molecule has 1 aromatic rings. The molecule has 0 amide bonds. The third-order valence-electron chi connectivity index (χ3n) is 1.68. The lowest BCUT2D eigenvalue weighted by molar-refractivity contribution is 1.13. The average Bonchev–Trinajstić information content (AvgIpc) is 2.58. The molecule has 2 rings (SSSR count). The molecule has 61 valence electrons. The maximum absolute atomic E-state index is 5.77. The molecule has 0 atom stereocenters. The number of hydrogen-bond acceptors (Lipinski definition) is 2. The highest BCUT2D eigenvalue weighted by atomic mass is 35.5. The highest BCUT2D eigenvalue weighted by molar-refractivity contribution is 8.12. The van der Waals surface area contributed by atoms with Crippen LogP contribution in [-0.4, -0.2) is 11.3 Å². The molecule has 1 radical (unpaired) electrons. The van der Waals surface area contributed by atoms with E-state index in [4.69, 9.17) is 11.6 Å². The third kappa shape index (κ3) is 1.65. The summed E-state index contributed by atoms with van der Waals surface area (Å²) in [6.07, 6.45) is 0. The molecule has 1 aromatic carbocycles. The molecule has 0 saturated heterocycles. The van der Waals surface area contributed by atoms with Gasteiger partial charge < -0.3 is 0 Å². The first-order chi connectivity index (χ1) is 5.86. The van der Waals surface area contributed by atoms with Crippen LogP contribution in [0.4, 0.5) is 0 Å². The second-order valence-electron chi connectivity index (χ2n) is 2.50. The predicted molar refractivity (Wildman–Crippen MR) is 54.7 cm³/mol. The number of thioether (sulfide) groups is 1. The molecule has 1 heterocycles. The van der Waals surface area contributed by atoms with Crippen LogP contribution < -0.4 is 0 Å². The molecule has 0 N–H and O–H groups in total. The van der Waals surface area contributed by atoms with E-state index in [-0.39, 0.29) is 0 Å². The summed E-state index contributed by atoms with van der Waals surface area (Å²) in [4.78, 5) is 4.25. The smallest absolute Gasteiger partial charge is 0.126 e. The summed E-state index contributed by atoms with van der Waals surface area (Å²) in [7, 11) is 0. The summed E-state index contributed by atoms with van der Waals surface area (Å²) in [5, 5.41) is 0.772. The van der Waals surface area contributed by atoms with Gasteiger partial charge in [0.1, 0.15) is 6.04 Å². The van der Waals surface area contributed by atoms with E-state index in [1.807, 2.05) is 29.8 Å². The molecule has 12 heavy (non-hydrogen) atoms. The summed E-state index contributed by atoms with van der Waals surface area (Å²) in [5.41, 5.74) is 3.05. The Morgan fingerprint density at radius 2 is 2.00 bits per heavy atom. The second kappa shape index (κ2) is 3.50. The number of aliphatic imine (C=N–C) groups is 1. The average molecular weight is 197 g/mol. The summed E-state index contributed by atoms with van der Waals surface area (Å²) in [6, 6.07) is 8.92. The zero-order valence-corrected chi connectivity index (χ0v) is 7.90. The van der Waals surface area contributed by atoms with E-state index in [1.54, 1.807) is 11.8 Å². The Hall–Kier alpha value is -0.470. The largest absolute Gasteiger partial charge is 0.271 e. The first-order valence-electron chi connectivity index (χ1n) is 3.62. The maximum atomic E-state index is 5.77. The van der Waals surface area contributed by atoms with Crippen LogP contribution in [0.3, 0.4) is 0 Å². The van der Waals surface area contributed by atoms with Gasteiger partial charge in [0.05, 0.1) is 5.55 Å². The Morgan fingerprint density at radius 1 is 1.25 bits per heavy atom. The van der Waals surface area contributed by atoms with Gasteiger partial charge in [0.2, 0.25) is 0 Å². The quantitative estimate of drug-likeness (QED) is 0.673. The molecule has 0 spiro atoms. The number of nitrogens with zero attached hydrogens (tertiary/aromatic N) is 1. The molecule has 3 heteroatoms. The Labute approximate surface area is 80.8 Å². The fourth-order valence-electron chi connectivity index (χ4n) is 1.05. The van der Waals surface area contributed by atoms with Crippen molar-refractivity contribution in [2.24, 2.45) is 4.99 Å². The van der Waals surface area contributed by atoms with Crippen LogP contribution in [0.5, 0.6) is 0 Å². The van der Waals surface area contributed by atoms with E-state index in [2.05, 4.69) is 4.99 Å². The van der Waals surface area contributed by atoms with Crippen molar-refractivity contribution in [3.63, 3.8) is 0 Å². The zero-order chi connectivity index (χ0) is 8.39. The van der Waals surface area contributed by atoms with Gasteiger partial charge >= 0.3 is 0 Å². The van der Waals surface area contributed by atoms with Gasteiger partial charge in [-0.05, 0) is 17.7 Å². The molecule has 1 aliphatic rings. The van der Waals surface area contributed by atoms with Gasteiger partial charge in [-0.15, -0.1) is 11.8 Å². The van der Waals surface area contributed by atoms with Crippen LogP contribution in [0.25, 0.3) is 0 Å². The number of halogens is 1. The standard InChI is InChI=1S/C9H7ClNS/c10-8-3-1-7(2-4-8)9-5-12-6-11-9/h1-4,6H,5H2. The molecular formula is C9H7ClNS. The zero-order valence-electron chi connectivity index (χ0n) is 6.33. The highest BCUT2D eigenvalue weighted by Gasteiger charge is 2.14.